The van der Waals surface area contributed by atoms with Crippen LogP contribution in [0.1, 0.15) is 24.3 Å². The molecule has 0 aliphatic rings. The number of esters is 1. The molecule has 0 bridgehead atoms. The maximum absolute atomic E-state index is 11.7. The summed E-state index contributed by atoms with van der Waals surface area (Å²) in [4.78, 5) is 26.7. The van der Waals surface area contributed by atoms with Crippen LogP contribution in [0.3, 0.4) is 0 Å². The van der Waals surface area contributed by atoms with Gasteiger partial charge in [0.25, 0.3) is 0 Å². The molecule has 2 N–H and O–H groups in total. The van der Waals surface area contributed by atoms with Crippen molar-refractivity contribution in [3.63, 3.8) is 0 Å². The summed E-state index contributed by atoms with van der Waals surface area (Å²) in [6.07, 6.45) is 0. The van der Waals surface area contributed by atoms with Crippen molar-refractivity contribution >= 4 is 39.6 Å². The van der Waals surface area contributed by atoms with Gasteiger partial charge in [-0.05, 0) is 31.2 Å². The highest BCUT2D eigenvalue weighted by molar-refractivity contribution is 7.14. The van der Waals surface area contributed by atoms with E-state index in [9.17, 15) is 9.59 Å². The van der Waals surface area contributed by atoms with Gasteiger partial charge in [-0.1, -0.05) is 0 Å². The first-order valence-electron chi connectivity index (χ1n) is 6.35. The first-order chi connectivity index (χ1) is 10.1. The summed E-state index contributed by atoms with van der Waals surface area (Å²) in [6, 6.07) is 7.16. The van der Waals surface area contributed by atoms with E-state index in [4.69, 9.17) is 4.74 Å². The Labute approximate surface area is 126 Å². The normalized spacial score (nSPS) is 10.0. The second-order valence-corrected chi connectivity index (χ2v) is 4.99. The Bertz CT molecular complexity index is 637. The molecule has 2 aromatic rings. The third-order valence-corrected chi connectivity index (χ3v) is 3.24. The van der Waals surface area contributed by atoms with Crippen molar-refractivity contribution < 1.29 is 14.3 Å². The molecule has 6 nitrogen and oxygen atoms in total. The molecule has 7 heteroatoms. The van der Waals surface area contributed by atoms with E-state index in [1.165, 1.54) is 18.3 Å². The van der Waals surface area contributed by atoms with E-state index >= 15 is 0 Å². The Kier molecular flexibility index (Phi) is 4.89. The number of nitrogens with zero attached hydrogens (tertiary/aromatic N) is 1. The minimum absolute atomic E-state index is 0.122. The predicted molar refractivity (Wildman–Crippen MR) is 82.1 cm³/mol. The smallest absolute Gasteiger partial charge is 0.360 e. The van der Waals surface area contributed by atoms with Gasteiger partial charge in [-0.2, -0.15) is 0 Å². The molecule has 21 heavy (non-hydrogen) atoms. The van der Waals surface area contributed by atoms with E-state index in [0.29, 0.717) is 17.3 Å². The minimum Gasteiger partial charge on any atom is -0.461 e. The molecule has 0 spiro atoms. The molecule has 0 aliphatic carbocycles. The number of hydrogen-bond acceptors (Lipinski definition) is 6. The lowest BCUT2D eigenvalue weighted by Crippen LogP contribution is -2.07. The highest BCUT2D eigenvalue weighted by Crippen LogP contribution is 2.26. The van der Waals surface area contributed by atoms with Crippen LogP contribution < -0.4 is 10.6 Å². The molecule has 0 unspecified atom stereocenters. The predicted octanol–water partition coefficient (Wildman–Crippen LogP) is 3.02. The van der Waals surface area contributed by atoms with Gasteiger partial charge in [-0.25, -0.2) is 9.78 Å². The Balaban J connectivity index is 2.10. The molecular formula is C14H15N3O3S. The number of hydrogen-bond donors (Lipinski definition) is 2. The van der Waals surface area contributed by atoms with Crippen LogP contribution in [0.15, 0.2) is 29.8 Å². The fraction of sp³-hybridized carbons (Fsp3) is 0.214. The molecule has 0 fully saturated rings. The lowest BCUT2D eigenvalue weighted by atomic mass is 10.2. The number of rotatable bonds is 5. The summed E-state index contributed by atoms with van der Waals surface area (Å²) >= 11 is 1.32. The maximum Gasteiger partial charge on any atom is 0.360 e. The van der Waals surface area contributed by atoms with Crippen LogP contribution in [0, 0.1) is 0 Å². The van der Waals surface area contributed by atoms with E-state index in [1.807, 2.05) is 0 Å². The zero-order valence-corrected chi connectivity index (χ0v) is 12.5. The summed E-state index contributed by atoms with van der Waals surface area (Å²) in [5.74, 6) is -0.570. The topological polar surface area (TPSA) is 80.3 Å². The van der Waals surface area contributed by atoms with E-state index < -0.39 is 5.97 Å². The number of anilines is 3. The van der Waals surface area contributed by atoms with Crippen LogP contribution in [-0.2, 0) is 9.53 Å². The number of nitrogens with one attached hydrogen (secondary N) is 2. The van der Waals surface area contributed by atoms with Crippen LogP contribution in [-0.4, -0.2) is 23.5 Å². The van der Waals surface area contributed by atoms with Crippen molar-refractivity contribution in [2.75, 3.05) is 17.2 Å². The molecule has 0 atom stereocenters. The largest absolute Gasteiger partial charge is 0.461 e. The molecule has 1 heterocycles. The first-order valence-corrected chi connectivity index (χ1v) is 7.23. The number of aromatic nitrogens is 1. The number of carbonyl (C=O) groups is 2. The quantitative estimate of drug-likeness (QED) is 0.830. The van der Waals surface area contributed by atoms with Crippen LogP contribution in [0.25, 0.3) is 0 Å². The van der Waals surface area contributed by atoms with Gasteiger partial charge in [0.15, 0.2) is 5.69 Å². The highest BCUT2D eigenvalue weighted by atomic mass is 32.1. The zero-order valence-electron chi connectivity index (χ0n) is 11.7. The fourth-order valence-electron chi connectivity index (χ4n) is 1.65. The Morgan fingerprint density at radius 1 is 1.24 bits per heavy atom. The Hall–Kier alpha value is -2.41. The first kappa shape index (κ1) is 15.0. The third-order valence-electron chi connectivity index (χ3n) is 2.50. The van der Waals surface area contributed by atoms with Gasteiger partial charge in [-0.15, -0.1) is 11.3 Å². The number of carbonyl (C=O) groups excluding carboxylic acids is 2. The van der Waals surface area contributed by atoms with Crippen molar-refractivity contribution in [2.45, 2.75) is 13.8 Å². The van der Waals surface area contributed by atoms with E-state index in [-0.39, 0.29) is 11.6 Å². The van der Waals surface area contributed by atoms with Crippen molar-refractivity contribution in [3.8, 4) is 0 Å². The average Bonchev–Trinajstić information content (AvgIpc) is 2.89. The molecule has 1 aromatic carbocycles. The molecule has 110 valence electrons. The minimum atomic E-state index is -0.448. The molecule has 1 aromatic heterocycles. The summed E-state index contributed by atoms with van der Waals surface area (Å²) in [5, 5.41) is 6.43. The zero-order chi connectivity index (χ0) is 15.2. The van der Waals surface area contributed by atoms with E-state index in [2.05, 4.69) is 15.6 Å². The van der Waals surface area contributed by atoms with E-state index in [0.717, 1.165) is 5.69 Å². The average molecular weight is 305 g/mol. The molecule has 0 aliphatic heterocycles. The lowest BCUT2D eigenvalue weighted by Gasteiger charge is -2.07. The Morgan fingerprint density at radius 2 is 1.90 bits per heavy atom. The van der Waals surface area contributed by atoms with Crippen molar-refractivity contribution in [1.29, 1.82) is 0 Å². The summed E-state index contributed by atoms with van der Waals surface area (Å²) < 4.78 is 4.95. The number of ether oxygens (including phenoxy) is 1. The standard InChI is InChI=1S/C14H15N3O3S/c1-3-20-14(19)12-13(21-8-15-12)17-11-6-4-10(5-7-11)16-9(2)18/h4-8,17H,3H2,1-2H3,(H,16,18). The molecule has 0 saturated heterocycles. The summed E-state index contributed by atoms with van der Waals surface area (Å²) in [6.45, 7) is 3.51. The molecule has 2 rings (SSSR count). The summed E-state index contributed by atoms with van der Waals surface area (Å²) in [5.41, 5.74) is 3.36. The maximum atomic E-state index is 11.7. The van der Waals surface area contributed by atoms with Gasteiger partial charge < -0.3 is 15.4 Å². The Morgan fingerprint density at radius 3 is 2.52 bits per heavy atom. The van der Waals surface area contributed by atoms with Gasteiger partial charge >= 0.3 is 5.97 Å². The van der Waals surface area contributed by atoms with Gasteiger partial charge in [0.1, 0.15) is 5.00 Å². The molecule has 0 saturated carbocycles. The van der Waals surface area contributed by atoms with Gasteiger partial charge in [0.05, 0.1) is 12.1 Å². The van der Waals surface area contributed by atoms with Gasteiger partial charge in [-0.3, -0.25) is 4.79 Å². The third kappa shape index (κ3) is 4.03. The van der Waals surface area contributed by atoms with Crippen molar-refractivity contribution in [2.24, 2.45) is 0 Å². The van der Waals surface area contributed by atoms with Gasteiger partial charge in [0, 0.05) is 18.3 Å². The molecular weight excluding hydrogens is 290 g/mol. The van der Waals surface area contributed by atoms with Crippen LogP contribution in [0.5, 0.6) is 0 Å². The number of thiazole rings is 1. The van der Waals surface area contributed by atoms with Crippen LogP contribution in [0.2, 0.25) is 0 Å². The van der Waals surface area contributed by atoms with E-state index in [1.54, 1.807) is 36.7 Å². The second kappa shape index (κ2) is 6.85. The van der Waals surface area contributed by atoms with Gasteiger partial charge in [0.2, 0.25) is 5.91 Å². The molecule has 0 radical (unpaired) electrons. The molecule has 1 amide bonds. The number of benzene rings is 1. The second-order valence-electron chi connectivity index (χ2n) is 4.13. The number of amides is 1. The fourth-order valence-corrected chi connectivity index (χ4v) is 2.34. The van der Waals surface area contributed by atoms with Crippen LogP contribution in [0.4, 0.5) is 16.4 Å². The lowest BCUT2D eigenvalue weighted by molar-refractivity contribution is -0.114. The monoisotopic (exact) mass is 305 g/mol. The van der Waals surface area contributed by atoms with Crippen molar-refractivity contribution in [1.82, 2.24) is 4.98 Å². The summed E-state index contributed by atoms with van der Waals surface area (Å²) in [7, 11) is 0. The highest BCUT2D eigenvalue weighted by Gasteiger charge is 2.16. The van der Waals surface area contributed by atoms with Crippen LogP contribution >= 0.6 is 11.3 Å². The van der Waals surface area contributed by atoms with Crippen molar-refractivity contribution in [3.05, 3.63) is 35.5 Å². The SMILES string of the molecule is CCOC(=O)c1ncsc1Nc1ccc(NC(C)=O)cc1.